The van der Waals surface area contributed by atoms with Gasteiger partial charge in [-0.2, -0.15) is 4.98 Å². The number of carbonyl (C=O) groups is 1. The van der Waals surface area contributed by atoms with Gasteiger partial charge in [0.2, 0.25) is 11.7 Å². The smallest absolute Gasteiger partial charge is 0.257 e. The molecule has 24 heavy (non-hydrogen) atoms. The summed E-state index contributed by atoms with van der Waals surface area (Å²) in [6.45, 7) is 0.153. The third-order valence-corrected chi connectivity index (χ3v) is 4.03. The minimum atomic E-state index is -0.315. The zero-order chi connectivity index (χ0) is 17.1. The second-order valence-corrected chi connectivity index (χ2v) is 5.95. The average Bonchev–Trinajstić information content (AvgIpc) is 3.04. The lowest BCUT2D eigenvalue weighted by Gasteiger charge is -2.16. The number of benzene rings is 2. The highest BCUT2D eigenvalue weighted by atomic mass is 35.5. The largest absolute Gasteiger partial charge is 0.337 e. The molecule has 0 aliphatic rings. The lowest BCUT2D eigenvalue weighted by molar-refractivity contribution is 0.0770. The van der Waals surface area contributed by atoms with E-state index >= 15 is 0 Å². The molecule has 0 aliphatic heterocycles. The fourth-order valence-corrected chi connectivity index (χ4v) is 2.75. The molecule has 3 aromatic rings. The molecular formula is C17H13Cl2N3O2. The Hall–Kier alpha value is -2.37. The topological polar surface area (TPSA) is 59.2 Å². The summed E-state index contributed by atoms with van der Waals surface area (Å²) in [5.74, 6) is 0.486. The van der Waals surface area contributed by atoms with Crippen molar-refractivity contribution in [3.8, 4) is 11.4 Å². The number of carbonyl (C=O) groups excluding carboxylic acids is 1. The van der Waals surface area contributed by atoms with Crippen molar-refractivity contribution >= 4 is 29.1 Å². The van der Waals surface area contributed by atoms with Crippen LogP contribution in [0.25, 0.3) is 11.4 Å². The van der Waals surface area contributed by atoms with Crippen molar-refractivity contribution in [2.24, 2.45) is 0 Å². The molecular weight excluding hydrogens is 349 g/mol. The molecule has 1 heterocycles. The second-order valence-electron chi connectivity index (χ2n) is 5.14. The van der Waals surface area contributed by atoms with Crippen LogP contribution in [0.2, 0.25) is 10.0 Å². The van der Waals surface area contributed by atoms with E-state index in [0.717, 1.165) is 5.56 Å². The van der Waals surface area contributed by atoms with Gasteiger partial charge in [-0.25, -0.2) is 0 Å². The third kappa shape index (κ3) is 3.42. The normalized spacial score (nSPS) is 10.6. The highest BCUT2D eigenvalue weighted by Gasteiger charge is 2.20. The fraction of sp³-hybridized carbons (Fsp3) is 0.118. The van der Waals surface area contributed by atoms with Crippen molar-refractivity contribution in [2.75, 3.05) is 7.05 Å². The van der Waals surface area contributed by atoms with E-state index in [1.165, 1.54) is 4.90 Å². The molecule has 0 N–H and O–H groups in total. The van der Waals surface area contributed by atoms with E-state index in [2.05, 4.69) is 10.1 Å². The molecule has 0 fully saturated rings. The molecule has 122 valence electrons. The van der Waals surface area contributed by atoms with Gasteiger partial charge < -0.3 is 9.42 Å². The first-order valence-electron chi connectivity index (χ1n) is 7.13. The number of hydrogen-bond donors (Lipinski definition) is 0. The monoisotopic (exact) mass is 361 g/mol. The van der Waals surface area contributed by atoms with E-state index in [9.17, 15) is 4.79 Å². The Morgan fingerprint density at radius 1 is 1.08 bits per heavy atom. The molecule has 0 spiro atoms. The summed E-state index contributed by atoms with van der Waals surface area (Å²) in [6.07, 6.45) is 0. The predicted molar refractivity (Wildman–Crippen MR) is 92.0 cm³/mol. The van der Waals surface area contributed by atoms with E-state index in [0.29, 0.717) is 21.8 Å². The molecule has 1 amide bonds. The molecule has 7 heteroatoms. The van der Waals surface area contributed by atoms with Crippen molar-refractivity contribution < 1.29 is 9.32 Å². The van der Waals surface area contributed by atoms with Gasteiger partial charge in [0.25, 0.3) is 5.91 Å². The minimum absolute atomic E-state index is 0.153. The molecule has 0 unspecified atom stereocenters. The molecule has 0 bridgehead atoms. The maximum Gasteiger partial charge on any atom is 0.257 e. The van der Waals surface area contributed by atoms with Crippen molar-refractivity contribution in [3.05, 3.63) is 70.0 Å². The number of rotatable bonds is 4. The Labute approximate surface area is 148 Å². The molecule has 2 aromatic carbocycles. The van der Waals surface area contributed by atoms with Crippen LogP contribution < -0.4 is 0 Å². The van der Waals surface area contributed by atoms with Crippen molar-refractivity contribution in [2.45, 2.75) is 6.54 Å². The van der Waals surface area contributed by atoms with Gasteiger partial charge in [-0.3, -0.25) is 4.79 Å². The molecule has 5 nitrogen and oxygen atoms in total. The first kappa shape index (κ1) is 16.5. The third-order valence-electron chi connectivity index (χ3n) is 3.40. The van der Waals surface area contributed by atoms with Crippen molar-refractivity contribution in [1.29, 1.82) is 0 Å². The number of amides is 1. The van der Waals surface area contributed by atoms with Gasteiger partial charge in [0.05, 0.1) is 22.2 Å². The highest BCUT2D eigenvalue weighted by molar-refractivity contribution is 6.39. The Kier molecular flexibility index (Phi) is 4.83. The lowest BCUT2D eigenvalue weighted by Crippen LogP contribution is -2.27. The fourth-order valence-electron chi connectivity index (χ4n) is 2.19. The number of halogens is 2. The first-order valence-corrected chi connectivity index (χ1v) is 7.89. The molecule has 0 radical (unpaired) electrons. The summed E-state index contributed by atoms with van der Waals surface area (Å²) >= 11 is 12.1. The maximum absolute atomic E-state index is 12.5. The second kappa shape index (κ2) is 7.03. The lowest BCUT2D eigenvalue weighted by atomic mass is 10.2. The summed E-state index contributed by atoms with van der Waals surface area (Å²) < 4.78 is 5.22. The Morgan fingerprint density at radius 2 is 1.75 bits per heavy atom. The molecule has 0 atom stereocenters. The SMILES string of the molecule is CN(Cc1nc(-c2ccccc2)no1)C(=O)c1c(Cl)cccc1Cl. The molecule has 3 rings (SSSR count). The van der Waals surface area contributed by atoms with Gasteiger partial charge in [-0.05, 0) is 12.1 Å². The Morgan fingerprint density at radius 3 is 2.42 bits per heavy atom. The van der Waals surface area contributed by atoms with E-state index in [1.54, 1.807) is 25.2 Å². The van der Waals surface area contributed by atoms with Crippen LogP contribution in [-0.2, 0) is 6.54 Å². The summed E-state index contributed by atoms with van der Waals surface area (Å²) in [4.78, 5) is 18.3. The number of hydrogen-bond acceptors (Lipinski definition) is 4. The summed E-state index contributed by atoms with van der Waals surface area (Å²) in [7, 11) is 1.62. The van der Waals surface area contributed by atoms with Crippen LogP contribution in [0.3, 0.4) is 0 Å². The first-order chi connectivity index (χ1) is 11.6. The molecule has 1 aromatic heterocycles. The van der Waals surface area contributed by atoms with E-state index in [4.69, 9.17) is 27.7 Å². The van der Waals surface area contributed by atoms with E-state index in [-0.39, 0.29) is 18.0 Å². The highest BCUT2D eigenvalue weighted by Crippen LogP contribution is 2.26. The molecule has 0 aliphatic carbocycles. The van der Waals surface area contributed by atoms with Crippen molar-refractivity contribution in [1.82, 2.24) is 15.0 Å². The van der Waals surface area contributed by atoms with Gasteiger partial charge in [0.15, 0.2) is 0 Å². The van der Waals surface area contributed by atoms with Crippen LogP contribution in [0.4, 0.5) is 0 Å². The maximum atomic E-state index is 12.5. The number of nitrogens with zero attached hydrogens (tertiary/aromatic N) is 3. The van der Waals surface area contributed by atoms with Crippen LogP contribution >= 0.6 is 23.2 Å². The van der Waals surface area contributed by atoms with Gasteiger partial charge in [0, 0.05) is 12.6 Å². The van der Waals surface area contributed by atoms with E-state index < -0.39 is 0 Å². The van der Waals surface area contributed by atoms with Crippen LogP contribution in [0.1, 0.15) is 16.2 Å². The zero-order valence-corrected chi connectivity index (χ0v) is 14.3. The summed E-state index contributed by atoms with van der Waals surface area (Å²) in [5, 5.41) is 4.53. The Balaban J connectivity index is 1.77. The standard InChI is InChI=1S/C17H13Cl2N3O2/c1-22(17(23)15-12(18)8-5-9-13(15)19)10-14-20-16(21-24-14)11-6-3-2-4-7-11/h2-9H,10H2,1H3. The van der Waals surface area contributed by atoms with Gasteiger partial charge in [0.1, 0.15) is 0 Å². The summed E-state index contributed by atoms with van der Waals surface area (Å²) in [6, 6.07) is 14.4. The minimum Gasteiger partial charge on any atom is -0.337 e. The summed E-state index contributed by atoms with van der Waals surface area (Å²) in [5.41, 5.74) is 1.10. The van der Waals surface area contributed by atoms with Crippen LogP contribution in [0.5, 0.6) is 0 Å². The quantitative estimate of drug-likeness (QED) is 0.694. The van der Waals surface area contributed by atoms with Gasteiger partial charge >= 0.3 is 0 Å². The van der Waals surface area contributed by atoms with E-state index in [1.807, 2.05) is 30.3 Å². The zero-order valence-electron chi connectivity index (χ0n) is 12.7. The number of aromatic nitrogens is 2. The Bertz CT molecular complexity index is 845. The predicted octanol–water partition coefficient (Wildman–Crippen LogP) is 4.32. The van der Waals surface area contributed by atoms with Crippen molar-refractivity contribution in [3.63, 3.8) is 0 Å². The molecule has 0 saturated heterocycles. The van der Waals surface area contributed by atoms with Crippen LogP contribution in [-0.4, -0.2) is 28.0 Å². The molecule has 0 saturated carbocycles. The van der Waals surface area contributed by atoms with Crippen LogP contribution in [0.15, 0.2) is 53.1 Å². The van der Waals surface area contributed by atoms with Gasteiger partial charge in [-0.1, -0.05) is 64.8 Å². The average molecular weight is 362 g/mol. The van der Waals surface area contributed by atoms with Gasteiger partial charge in [-0.15, -0.1) is 0 Å². The van der Waals surface area contributed by atoms with Crippen LogP contribution in [0, 0.1) is 0 Å².